The van der Waals surface area contributed by atoms with E-state index in [4.69, 9.17) is 4.74 Å². The van der Waals surface area contributed by atoms with E-state index in [0.717, 1.165) is 6.42 Å². The van der Waals surface area contributed by atoms with Crippen molar-refractivity contribution in [3.63, 3.8) is 0 Å². The fourth-order valence-electron chi connectivity index (χ4n) is 1.78. The zero-order valence-electron chi connectivity index (χ0n) is 9.65. The first-order valence-electron chi connectivity index (χ1n) is 5.77. The largest absolute Gasteiger partial charge is 0.386 e. The third kappa shape index (κ3) is 3.80. The van der Waals surface area contributed by atoms with Crippen molar-refractivity contribution in [1.82, 2.24) is 5.32 Å². The number of rotatable bonds is 5. The van der Waals surface area contributed by atoms with E-state index in [2.05, 4.69) is 5.32 Å². The molecule has 1 unspecified atom stereocenters. The van der Waals surface area contributed by atoms with Crippen molar-refractivity contribution in [3.05, 3.63) is 22.4 Å². The van der Waals surface area contributed by atoms with Crippen LogP contribution in [0.25, 0.3) is 0 Å². The van der Waals surface area contributed by atoms with E-state index in [1.54, 1.807) is 11.3 Å². The first kappa shape index (κ1) is 12.5. The number of aliphatic hydroxyl groups is 1. The molecule has 4 nitrogen and oxygen atoms in total. The monoisotopic (exact) mass is 255 g/mol. The summed E-state index contributed by atoms with van der Waals surface area (Å²) in [6.07, 6.45) is 1.83. The van der Waals surface area contributed by atoms with Crippen LogP contribution in [0.4, 0.5) is 0 Å². The van der Waals surface area contributed by atoms with Gasteiger partial charge in [-0.15, -0.1) is 11.3 Å². The third-order valence-corrected chi connectivity index (χ3v) is 3.81. The second-order valence-electron chi connectivity index (χ2n) is 4.38. The van der Waals surface area contributed by atoms with Gasteiger partial charge in [0.05, 0.1) is 6.61 Å². The predicted molar refractivity (Wildman–Crippen MR) is 66.0 cm³/mol. The maximum absolute atomic E-state index is 11.6. The van der Waals surface area contributed by atoms with Gasteiger partial charge in [0.2, 0.25) is 5.91 Å². The molecule has 1 aliphatic heterocycles. The highest BCUT2D eigenvalue weighted by molar-refractivity contribution is 7.09. The second kappa shape index (κ2) is 5.62. The maximum atomic E-state index is 11.6. The molecule has 1 fully saturated rings. The zero-order chi connectivity index (χ0) is 12.1. The predicted octanol–water partition coefficient (Wildman–Crippen LogP) is 0.948. The van der Waals surface area contributed by atoms with Crippen LogP contribution in [0.2, 0.25) is 0 Å². The van der Waals surface area contributed by atoms with Crippen molar-refractivity contribution in [3.8, 4) is 0 Å². The summed E-state index contributed by atoms with van der Waals surface area (Å²) in [5, 5.41) is 14.7. The molecule has 1 saturated heterocycles. The van der Waals surface area contributed by atoms with E-state index in [9.17, 15) is 9.90 Å². The van der Waals surface area contributed by atoms with Crippen molar-refractivity contribution in [2.45, 2.75) is 24.9 Å². The molecule has 1 aromatic rings. The molecular formula is C12H17NO3S. The minimum absolute atomic E-state index is 0.0151. The molecule has 0 aromatic carbocycles. The normalized spacial score (nSPS) is 23.8. The van der Waals surface area contributed by atoms with Gasteiger partial charge in [-0.05, 0) is 17.9 Å². The minimum atomic E-state index is -0.863. The lowest BCUT2D eigenvalue weighted by atomic mass is 10.0. The summed E-state index contributed by atoms with van der Waals surface area (Å²) in [4.78, 5) is 12.8. The van der Waals surface area contributed by atoms with Crippen LogP contribution in [0.15, 0.2) is 17.5 Å². The SMILES string of the molecule is O=C(CCc1cccs1)NCC1(O)CCOC1. The summed E-state index contributed by atoms with van der Waals surface area (Å²) < 4.78 is 5.11. The van der Waals surface area contributed by atoms with Crippen LogP contribution in [-0.4, -0.2) is 36.4 Å². The number of nitrogens with one attached hydrogen (secondary N) is 1. The minimum Gasteiger partial charge on any atom is -0.386 e. The molecule has 2 N–H and O–H groups in total. The van der Waals surface area contributed by atoms with Gasteiger partial charge >= 0.3 is 0 Å². The fourth-order valence-corrected chi connectivity index (χ4v) is 2.49. The van der Waals surface area contributed by atoms with E-state index in [-0.39, 0.29) is 12.5 Å². The highest BCUT2D eigenvalue weighted by Crippen LogP contribution is 2.17. The fraction of sp³-hybridized carbons (Fsp3) is 0.583. The number of aryl methyl sites for hydroxylation is 1. The number of hydrogen-bond acceptors (Lipinski definition) is 4. The second-order valence-corrected chi connectivity index (χ2v) is 5.42. The summed E-state index contributed by atoms with van der Waals surface area (Å²) in [6.45, 7) is 1.18. The first-order valence-corrected chi connectivity index (χ1v) is 6.65. The molecule has 5 heteroatoms. The summed E-state index contributed by atoms with van der Waals surface area (Å²) in [6, 6.07) is 4.01. The molecule has 0 spiro atoms. The highest BCUT2D eigenvalue weighted by Gasteiger charge is 2.32. The Morgan fingerprint density at radius 3 is 3.18 bits per heavy atom. The Morgan fingerprint density at radius 2 is 2.53 bits per heavy atom. The molecule has 0 radical (unpaired) electrons. The molecule has 1 aromatic heterocycles. The van der Waals surface area contributed by atoms with Crippen molar-refractivity contribution >= 4 is 17.2 Å². The van der Waals surface area contributed by atoms with Gasteiger partial charge in [0, 0.05) is 30.9 Å². The van der Waals surface area contributed by atoms with Gasteiger partial charge in [0.25, 0.3) is 0 Å². The third-order valence-electron chi connectivity index (χ3n) is 2.88. The number of ether oxygens (including phenoxy) is 1. The van der Waals surface area contributed by atoms with Crippen LogP contribution in [-0.2, 0) is 16.0 Å². The number of hydrogen-bond donors (Lipinski definition) is 2. The van der Waals surface area contributed by atoms with E-state index < -0.39 is 5.60 Å². The van der Waals surface area contributed by atoms with Crippen LogP contribution < -0.4 is 5.32 Å². The van der Waals surface area contributed by atoms with Gasteiger partial charge in [-0.1, -0.05) is 6.07 Å². The van der Waals surface area contributed by atoms with Crippen molar-refractivity contribution in [1.29, 1.82) is 0 Å². The van der Waals surface area contributed by atoms with Crippen LogP contribution in [0, 0.1) is 0 Å². The Bertz CT molecular complexity index is 358. The van der Waals surface area contributed by atoms with Crippen LogP contribution in [0.1, 0.15) is 17.7 Å². The van der Waals surface area contributed by atoms with E-state index in [1.165, 1.54) is 4.88 Å². The van der Waals surface area contributed by atoms with Gasteiger partial charge in [-0.3, -0.25) is 4.79 Å². The van der Waals surface area contributed by atoms with Gasteiger partial charge < -0.3 is 15.2 Å². The summed E-state index contributed by atoms with van der Waals surface area (Å²) >= 11 is 1.66. The smallest absolute Gasteiger partial charge is 0.220 e. The lowest BCUT2D eigenvalue weighted by Gasteiger charge is -2.20. The van der Waals surface area contributed by atoms with Crippen LogP contribution >= 0.6 is 11.3 Å². The van der Waals surface area contributed by atoms with E-state index in [1.807, 2.05) is 17.5 Å². The molecule has 0 aliphatic carbocycles. The lowest BCUT2D eigenvalue weighted by molar-refractivity contribution is -0.122. The van der Waals surface area contributed by atoms with E-state index >= 15 is 0 Å². The van der Waals surface area contributed by atoms with E-state index in [0.29, 0.717) is 26.1 Å². The topological polar surface area (TPSA) is 58.6 Å². The average molecular weight is 255 g/mol. The van der Waals surface area contributed by atoms with Gasteiger partial charge in [-0.25, -0.2) is 0 Å². The number of carbonyl (C=O) groups is 1. The van der Waals surface area contributed by atoms with Gasteiger partial charge in [0.15, 0.2) is 0 Å². The Balaban J connectivity index is 1.67. The summed E-state index contributed by atoms with van der Waals surface area (Å²) in [7, 11) is 0. The highest BCUT2D eigenvalue weighted by atomic mass is 32.1. The molecule has 0 saturated carbocycles. The molecular weight excluding hydrogens is 238 g/mol. The quantitative estimate of drug-likeness (QED) is 0.823. The molecule has 1 aliphatic rings. The lowest BCUT2D eigenvalue weighted by Crippen LogP contribution is -2.43. The Labute approximate surface area is 105 Å². The molecule has 94 valence electrons. The summed E-state index contributed by atoms with van der Waals surface area (Å²) in [5.41, 5.74) is -0.863. The average Bonchev–Trinajstić information content (AvgIpc) is 2.95. The molecule has 1 amide bonds. The van der Waals surface area contributed by atoms with Gasteiger partial charge in [-0.2, -0.15) is 0 Å². The number of thiophene rings is 1. The number of amides is 1. The Hall–Kier alpha value is -0.910. The molecule has 2 heterocycles. The molecule has 17 heavy (non-hydrogen) atoms. The maximum Gasteiger partial charge on any atom is 0.220 e. The standard InChI is InChI=1S/C12H17NO3S/c14-11(4-3-10-2-1-7-17-10)13-8-12(15)5-6-16-9-12/h1-2,7,15H,3-6,8-9H2,(H,13,14). The summed E-state index contributed by atoms with van der Waals surface area (Å²) in [5.74, 6) is -0.0151. The van der Waals surface area contributed by atoms with Crippen LogP contribution in [0.3, 0.4) is 0 Å². The van der Waals surface area contributed by atoms with Crippen molar-refractivity contribution < 1.29 is 14.6 Å². The zero-order valence-corrected chi connectivity index (χ0v) is 10.5. The molecule has 1 atom stereocenters. The first-order chi connectivity index (χ1) is 8.18. The Kier molecular flexibility index (Phi) is 4.15. The van der Waals surface area contributed by atoms with Crippen molar-refractivity contribution in [2.75, 3.05) is 19.8 Å². The van der Waals surface area contributed by atoms with Gasteiger partial charge in [0.1, 0.15) is 5.60 Å². The molecule has 2 rings (SSSR count). The Morgan fingerprint density at radius 1 is 1.65 bits per heavy atom. The molecule has 0 bridgehead atoms. The van der Waals surface area contributed by atoms with Crippen molar-refractivity contribution in [2.24, 2.45) is 0 Å². The van der Waals surface area contributed by atoms with Crippen LogP contribution in [0.5, 0.6) is 0 Å². The number of carbonyl (C=O) groups excluding carboxylic acids is 1.